The zero-order chi connectivity index (χ0) is 17.8. The average Bonchev–Trinajstić information content (AvgIpc) is 2.98. The van der Waals surface area contributed by atoms with Gasteiger partial charge in [0.15, 0.2) is 5.16 Å². The van der Waals surface area contributed by atoms with E-state index < -0.39 is 0 Å². The van der Waals surface area contributed by atoms with Gasteiger partial charge in [0.2, 0.25) is 5.91 Å². The van der Waals surface area contributed by atoms with Gasteiger partial charge in [-0.25, -0.2) is 4.98 Å². The minimum atomic E-state index is -0.0599. The van der Waals surface area contributed by atoms with Crippen LogP contribution in [0, 0.1) is 0 Å². The quantitative estimate of drug-likeness (QED) is 0.638. The monoisotopic (exact) mass is 373 g/mol. The van der Waals surface area contributed by atoms with Crippen LogP contribution in [0.2, 0.25) is 5.02 Å². The molecule has 0 spiro atoms. The maximum atomic E-state index is 12.3. The highest BCUT2D eigenvalue weighted by atomic mass is 35.5. The Morgan fingerprint density at radius 1 is 1.24 bits per heavy atom. The highest BCUT2D eigenvalue weighted by molar-refractivity contribution is 7.99. The molecule has 3 rings (SSSR count). The summed E-state index contributed by atoms with van der Waals surface area (Å²) in [5.74, 6) is 0.323. The van der Waals surface area contributed by atoms with Crippen molar-refractivity contribution >= 4 is 40.3 Å². The number of rotatable bonds is 6. The molecule has 25 heavy (non-hydrogen) atoms. The lowest BCUT2D eigenvalue weighted by atomic mass is 10.1. The van der Waals surface area contributed by atoms with Crippen LogP contribution in [0.5, 0.6) is 0 Å². The molecule has 1 heterocycles. The van der Waals surface area contributed by atoms with Crippen molar-refractivity contribution < 1.29 is 4.79 Å². The number of carbonyl (C=O) groups excluding carboxylic acids is 1. The van der Waals surface area contributed by atoms with E-state index in [0.717, 1.165) is 28.3 Å². The summed E-state index contributed by atoms with van der Waals surface area (Å²) in [4.78, 5) is 16.9. The number of aromatic nitrogens is 2. The van der Waals surface area contributed by atoms with Crippen LogP contribution in [0.3, 0.4) is 0 Å². The molecule has 6 heteroatoms. The second-order valence-corrected chi connectivity index (χ2v) is 7.14. The number of hydrogen-bond donors (Lipinski definition) is 1. The number of amides is 1. The molecular weight excluding hydrogens is 354 g/mol. The minimum absolute atomic E-state index is 0.0119. The predicted octanol–water partition coefficient (Wildman–Crippen LogP) is 4.68. The molecule has 1 atom stereocenters. The van der Waals surface area contributed by atoms with Gasteiger partial charge < -0.3 is 9.88 Å². The van der Waals surface area contributed by atoms with Crippen molar-refractivity contribution in [3.8, 4) is 0 Å². The summed E-state index contributed by atoms with van der Waals surface area (Å²) in [6.45, 7) is 4.87. The van der Waals surface area contributed by atoms with Gasteiger partial charge >= 0.3 is 0 Å². The standard InChI is InChI=1S/C19H20ClN3OS/c1-3-23-17-7-5-4-6-16(17)22-19(23)25-12-18(24)21-13(2)14-8-10-15(20)11-9-14/h4-11,13H,3,12H2,1-2H3,(H,21,24). The zero-order valence-electron chi connectivity index (χ0n) is 14.2. The SMILES string of the molecule is CCn1c(SCC(=O)NC(C)c2ccc(Cl)cc2)nc2ccccc21. The van der Waals surface area contributed by atoms with Gasteiger partial charge in [0, 0.05) is 11.6 Å². The molecule has 1 unspecified atom stereocenters. The van der Waals surface area contributed by atoms with E-state index in [1.165, 1.54) is 11.8 Å². The lowest BCUT2D eigenvalue weighted by Gasteiger charge is -2.14. The second kappa shape index (κ2) is 7.93. The Kier molecular flexibility index (Phi) is 5.66. The Labute approximate surface area is 156 Å². The van der Waals surface area contributed by atoms with Crippen molar-refractivity contribution in [1.29, 1.82) is 0 Å². The molecule has 0 aliphatic carbocycles. The van der Waals surface area contributed by atoms with Crippen LogP contribution in [-0.2, 0) is 11.3 Å². The molecule has 2 aromatic carbocycles. The zero-order valence-corrected chi connectivity index (χ0v) is 15.8. The first-order valence-corrected chi connectivity index (χ1v) is 9.57. The fourth-order valence-electron chi connectivity index (χ4n) is 2.72. The number of hydrogen-bond acceptors (Lipinski definition) is 3. The van der Waals surface area contributed by atoms with Crippen molar-refractivity contribution in [3.05, 3.63) is 59.1 Å². The Morgan fingerprint density at radius 2 is 1.96 bits per heavy atom. The summed E-state index contributed by atoms with van der Waals surface area (Å²) in [5, 5.41) is 4.58. The van der Waals surface area contributed by atoms with E-state index in [9.17, 15) is 4.79 Å². The number of benzene rings is 2. The van der Waals surface area contributed by atoms with Crippen LogP contribution in [0.4, 0.5) is 0 Å². The van der Waals surface area contributed by atoms with E-state index in [-0.39, 0.29) is 11.9 Å². The normalized spacial score (nSPS) is 12.3. The van der Waals surface area contributed by atoms with Crippen LogP contribution >= 0.6 is 23.4 Å². The number of nitrogens with zero attached hydrogens (tertiary/aromatic N) is 2. The van der Waals surface area contributed by atoms with Gasteiger partial charge in [-0.3, -0.25) is 4.79 Å². The Hall–Kier alpha value is -1.98. The van der Waals surface area contributed by atoms with E-state index in [1.54, 1.807) is 0 Å². The summed E-state index contributed by atoms with van der Waals surface area (Å²) in [7, 11) is 0. The molecule has 0 fully saturated rings. The summed E-state index contributed by atoms with van der Waals surface area (Å²) in [5.41, 5.74) is 3.09. The van der Waals surface area contributed by atoms with Crippen molar-refractivity contribution in [2.45, 2.75) is 31.6 Å². The third-order valence-corrected chi connectivity index (χ3v) is 5.24. The summed E-state index contributed by atoms with van der Waals surface area (Å²) in [6, 6.07) is 15.5. The summed E-state index contributed by atoms with van der Waals surface area (Å²) < 4.78 is 2.13. The van der Waals surface area contributed by atoms with E-state index >= 15 is 0 Å². The number of carbonyl (C=O) groups is 1. The van der Waals surface area contributed by atoms with Gasteiger partial charge in [0.1, 0.15) is 0 Å². The molecule has 130 valence electrons. The van der Waals surface area contributed by atoms with Crippen molar-refractivity contribution in [2.24, 2.45) is 0 Å². The molecular formula is C19H20ClN3OS. The lowest BCUT2D eigenvalue weighted by molar-refractivity contribution is -0.119. The third kappa shape index (κ3) is 4.17. The Balaban J connectivity index is 1.63. The van der Waals surface area contributed by atoms with E-state index in [1.807, 2.05) is 49.4 Å². The summed E-state index contributed by atoms with van der Waals surface area (Å²) >= 11 is 7.37. The van der Waals surface area contributed by atoms with Crippen LogP contribution < -0.4 is 5.32 Å². The Morgan fingerprint density at radius 3 is 2.68 bits per heavy atom. The molecule has 3 aromatic rings. The van der Waals surface area contributed by atoms with Crippen LogP contribution in [0.25, 0.3) is 11.0 Å². The molecule has 0 aliphatic heterocycles. The van der Waals surface area contributed by atoms with Crippen molar-refractivity contribution in [3.63, 3.8) is 0 Å². The van der Waals surface area contributed by atoms with Gasteiger partial charge in [-0.15, -0.1) is 0 Å². The van der Waals surface area contributed by atoms with Crippen LogP contribution in [0.1, 0.15) is 25.5 Å². The highest BCUT2D eigenvalue weighted by Crippen LogP contribution is 2.24. The van der Waals surface area contributed by atoms with E-state index in [4.69, 9.17) is 11.6 Å². The molecule has 1 amide bonds. The van der Waals surface area contributed by atoms with Crippen molar-refractivity contribution in [1.82, 2.24) is 14.9 Å². The van der Waals surface area contributed by atoms with E-state index in [0.29, 0.717) is 10.8 Å². The number of fused-ring (bicyclic) bond motifs is 1. The number of nitrogens with one attached hydrogen (secondary N) is 1. The van der Waals surface area contributed by atoms with Crippen LogP contribution in [0.15, 0.2) is 53.7 Å². The third-order valence-electron chi connectivity index (χ3n) is 4.02. The van der Waals surface area contributed by atoms with E-state index in [2.05, 4.69) is 27.9 Å². The first-order chi connectivity index (χ1) is 12.1. The van der Waals surface area contributed by atoms with Gasteiger partial charge in [-0.2, -0.15) is 0 Å². The topological polar surface area (TPSA) is 46.9 Å². The second-order valence-electron chi connectivity index (χ2n) is 5.76. The van der Waals surface area contributed by atoms with Crippen molar-refractivity contribution in [2.75, 3.05) is 5.75 Å². The fraction of sp³-hybridized carbons (Fsp3) is 0.263. The molecule has 0 aliphatic rings. The maximum absolute atomic E-state index is 12.3. The molecule has 1 aromatic heterocycles. The fourth-order valence-corrected chi connectivity index (χ4v) is 3.73. The largest absolute Gasteiger partial charge is 0.349 e. The van der Waals surface area contributed by atoms with Gasteiger partial charge in [0.05, 0.1) is 22.8 Å². The predicted molar refractivity (Wildman–Crippen MR) is 104 cm³/mol. The number of imidazole rings is 1. The number of thioether (sulfide) groups is 1. The first kappa shape index (κ1) is 17.8. The number of para-hydroxylation sites is 2. The molecule has 0 bridgehead atoms. The molecule has 0 radical (unpaired) electrons. The van der Waals surface area contributed by atoms with Gasteiger partial charge in [-0.05, 0) is 43.7 Å². The minimum Gasteiger partial charge on any atom is -0.349 e. The average molecular weight is 374 g/mol. The molecule has 0 saturated carbocycles. The molecule has 1 N–H and O–H groups in total. The summed E-state index contributed by atoms with van der Waals surface area (Å²) in [6.07, 6.45) is 0. The lowest BCUT2D eigenvalue weighted by Crippen LogP contribution is -2.28. The first-order valence-electron chi connectivity index (χ1n) is 8.21. The smallest absolute Gasteiger partial charge is 0.230 e. The number of halogens is 1. The van der Waals surface area contributed by atoms with Gasteiger partial charge in [-0.1, -0.05) is 47.6 Å². The number of aryl methyl sites for hydroxylation is 1. The van der Waals surface area contributed by atoms with Gasteiger partial charge in [0.25, 0.3) is 0 Å². The Bertz CT molecular complexity index is 876. The van der Waals surface area contributed by atoms with Crippen LogP contribution in [-0.4, -0.2) is 21.2 Å². The molecule has 4 nitrogen and oxygen atoms in total. The molecule has 0 saturated heterocycles. The highest BCUT2D eigenvalue weighted by Gasteiger charge is 2.13. The maximum Gasteiger partial charge on any atom is 0.230 e.